The largest absolute Gasteiger partial charge is 0.103 e. The zero-order chi connectivity index (χ0) is 10.5. The molecule has 0 aliphatic rings. The Morgan fingerprint density at radius 2 is 1.92 bits per heavy atom. The van der Waals surface area contributed by atoms with Crippen molar-refractivity contribution >= 4 is 0 Å². The molecule has 0 saturated carbocycles. The summed E-state index contributed by atoms with van der Waals surface area (Å²) in [5.41, 5.74) is 1.42. The van der Waals surface area contributed by atoms with Gasteiger partial charge in [0.25, 0.3) is 0 Å². The molecule has 74 valence electrons. The van der Waals surface area contributed by atoms with Gasteiger partial charge < -0.3 is 0 Å². The molecule has 0 fully saturated rings. The molecule has 0 amide bonds. The summed E-state index contributed by atoms with van der Waals surface area (Å²) in [7, 11) is 0. The maximum Gasteiger partial charge on any atom is -0.0231 e. The highest BCUT2D eigenvalue weighted by Crippen LogP contribution is 2.35. The minimum atomic E-state index is 0.291. The van der Waals surface area contributed by atoms with Crippen LogP contribution in [0.15, 0.2) is 37.5 Å². The molecule has 0 aromatic rings. The van der Waals surface area contributed by atoms with E-state index in [-0.39, 0.29) is 0 Å². The van der Waals surface area contributed by atoms with E-state index in [4.69, 9.17) is 0 Å². The Balaban J connectivity index is 4.27. The predicted octanol–water partition coefficient (Wildman–Crippen LogP) is 4.36. The van der Waals surface area contributed by atoms with Crippen molar-refractivity contribution in [2.75, 3.05) is 0 Å². The molecule has 0 saturated heterocycles. The van der Waals surface area contributed by atoms with E-state index < -0.39 is 0 Å². The molecule has 1 unspecified atom stereocenters. The average molecular weight is 178 g/mol. The second-order valence-corrected chi connectivity index (χ2v) is 4.45. The molecule has 0 nitrogen and oxygen atoms in total. The van der Waals surface area contributed by atoms with Crippen LogP contribution >= 0.6 is 0 Å². The first-order valence-electron chi connectivity index (χ1n) is 4.85. The monoisotopic (exact) mass is 178 g/mol. The molecule has 13 heavy (non-hydrogen) atoms. The predicted molar refractivity (Wildman–Crippen MR) is 61.7 cm³/mol. The van der Waals surface area contributed by atoms with Crippen LogP contribution in [-0.4, -0.2) is 0 Å². The lowest BCUT2D eigenvalue weighted by Gasteiger charge is -2.31. The zero-order valence-electron chi connectivity index (χ0n) is 9.27. The van der Waals surface area contributed by atoms with Gasteiger partial charge in [-0.1, -0.05) is 51.7 Å². The van der Waals surface area contributed by atoms with Crippen LogP contribution in [-0.2, 0) is 0 Å². The van der Waals surface area contributed by atoms with Crippen molar-refractivity contribution in [3.63, 3.8) is 0 Å². The van der Waals surface area contributed by atoms with Gasteiger partial charge in [-0.25, -0.2) is 0 Å². The molecule has 0 aliphatic carbocycles. The SMILES string of the molecule is C=CCC(C)C(C)(C)CC(=C)C=C. The van der Waals surface area contributed by atoms with Gasteiger partial charge in [0.2, 0.25) is 0 Å². The van der Waals surface area contributed by atoms with Gasteiger partial charge in [-0.05, 0) is 24.2 Å². The summed E-state index contributed by atoms with van der Waals surface area (Å²) < 4.78 is 0. The minimum Gasteiger partial charge on any atom is -0.103 e. The Bertz CT molecular complexity index is 196. The third-order valence-corrected chi connectivity index (χ3v) is 2.83. The van der Waals surface area contributed by atoms with Crippen molar-refractivity contribution in [2.24, 2.45) is 11.3 Å². The number of allylic oxidation sites excluding steroid dienone is 3. The van der Waals surface area contributed by atoms with Crippen molar-refractivity contribution in [3.05, 3.63) is 37.5 Å². The summed E-state index contributed by atoms with van der Waals surface area (Å²) >= 11 is 0. The normalized spacial score (nSPS) is 13.5. The summed E-state index contributed by atoms with van der Waals surface area (Å²) in [6.45, 7) is 18.3. The van der Waals surface area contributed by atoms with Gasteiger partial charge in [0.05, 0.1) is 0 Å². The first kappa shape index (κ1) is 12.2. The lowest BCUT2D eigenvalue weighted by molar-refractivity contribution is 0.232. The third kappa shape index (κ3) is 4.12. The molecular formula is C13H22. The molecule has 0 heteroatoms. The summed E-state index contributed by atoms with van der Waals surface area (Å²) in [5, 5.41) is 0. The van der Waals surface area contributed by atoms with Crippen molar-refractivity contribution in [1.29, 1.82) is 0 Å². The quantitative estimate of drug-likeness (QED) is 0.419. The summed E-state index contributed by atoms with van der Waals surface area (Å²) in [6.07, 6.45) is 5.92. The van der Waals surface area contributed by atoms with Crippen LogP contribution in [0.3, 0.4) is 0 Å². The molecule has 0 rings (SSSR count). The van der Waals surface area contributed by atoms with E-state index in [1.807, 2.05) is 12.2 Å². The smallest absolute Gasteiger partial charge is 0.0231 e. The van der Waals surface area contributed by atoms with Crippen molar-refractivity contribution in [3.8, 4) is 0 Å². The Hall–Kier alpha value is -0.780. The van der Waals surface area contributed by atoms with Gasteiger partial charge in [0.1, 0.15) is 0 Å². The van der Waals surface area contributed by atoms with Crippen LogP contribution in [0.4, 0.5) is 0 Å². The minimum absolute atomic E-state index is 0.291. The lowest BCUT2D eigenvalue weighted by atomic mass is 9.74. The molecule has 0 radical (unpaired) electrons. The Morgan fingerprint density at radius 3 is 2.31 bits per heavy atom. The van der Waals surface area contributed by atoms with Gasteiger partial charge >= 0.3 is 0 Å². The highest BCUT2D eigenvalue weighted by molar-refractivity contribution is 5.13. The van der Waals surface area contributed by atoms with Crippen molar-refractivity contribution in [2.45, 2.75) is 33.6 Å². The summed E-state index contributed by atoms with van der Waals surface area (Å²) in [5.74, 6) is 0.640. The number of rotatable bonds is 6. The molecule has 1 atom stereocenters. The highest BCUT2D eigenvalue weighted by atomic mass is 14.3. The standard InChI is InChI=1S/C13H22/c1-7-9-12(4)13(5,6)10-11(3)8-2/h7-8,12H,1-3,9-10H2,4-6H3. The van der Waals surface area contributed by atoms with Gasteiger partial charge in [-0.2, -0.15) is 0 Å². The van der Waals surface area contributed by atoms with Crippen LogP contribution in [0.5, 0.6) is 0 Å². The Labute approximate surface area is 83.0 Å². The molecule has 0 bridgehead atoms. The third-order valence-electron chi connectivity index (χ3n) is 2.83. The number of hydrogen-bond acceptors (Lipinski definition) is 0. The van der Waals surface area contributed by atoms with Crippen molar-refractivity contribution in [1.82, 2.24) is 0 Å². The molecule has 0 aromatic carbocycles. The van der Waals surface area contributed by atoms with Gasteiger partial charge in [0.15, 0.2) is 0 Å². The van der Waals surface area contributed by atoms with Crippen LogP contribution in [0.1, 0.15) is 33.6 Å². The van der Waals surface area contributed by atoms with Gasteiger partial charge in [0, 0.05) is 0 Å². The fraction of sp³-hybridized carbons (Fsp3) is 0.538. The topological polar surface area (TPSA) is 0 Å². The second-order valence-electron chi connectivity index (χ2n) is 4.45. The number of hydrogen-bond donors (Lipinski definition) is 0. The van der Waals surface area contributed by atoms with Crippen LogP contribution < -0.4 is 0 Å². The second kappa shape index (κ2) is 5.06. The van der Waals surface area contributed by atoms with Gasteiger partial charge in [-0.15, -0.1) is 6.58 Å². The molecule has 0 aromatic heterocycles. The zero-order valence-corrected chi connectivity index (χ0v) is 9.27. The molecule has 0 heterocycles. The van der Waals surface area contributed by atoms with Crippen LogP contribution in [0.25, 0.3) is 0 Å². The summed E-state index contributed by atoms with van der Waals surface area (Å²) in [6, 6.07) is 0. The van der Waals surface area contributed by atoms with E-state index >= 15 is 0 Å². The summed E-state index contributed by atoms with van der Waals surface area (Å²) in [4.78, 5) is 0. The van der Waals surface area contributed by atoms with Gasteiger partial charge in [-0.3, -0.25) is 0 Å². The molecule has 0 N–H and O–H groups in total. The fourth-order valence-corrected chi connectivity index (χ4v) is 1.40. The highest BCUT2D eigenvalue weighted by Gasteiger charge is 2.24. The van der Waals surface area contributed by atoms with E-state index in [0.29, 0.717) is 11.3 Å². The first-order valence-corrected chi connectivity index (χ1v) is 4.85. The Morgan fingerprint density at radius 1 is 1.38 bits per heavy atom. The molecule has 0 aliphatic heterocycles. The van der Waals surface area contributed by atoms with E-state index in [9.17, 15) is 0 Å². The maximum absolute atomic E-state index is 3.96. The maximum atomic E-state index is 3.96. The molecular weight excluding hydrogens is 156 g/mol. The Kier molecular flexibility index (Phi) is 4.76. The van der Waals surface area contributed by atoms with E-state index in [1.54, 1.807) is 0 Å². The van der Waals surface area contributed by atoms with E-state index in [1.165, 1.54) is 0 Å². The van der Waals surface area contributed by atoms with E-state index in [0.717, 1.165) is 18.4 Å². The lowest BCUT2D eigenvalue weighted by Crippen LogP contribution is -2.21. The van der Waals surface area contributed by atoms with E-state index in [2.05, 4.69) is 40.5 Å². The molecule has 0 spiro atoms. The van der Waals surface area contributed by atoms with Crippen LogP contribution in [0.2, 0.25) is 0 Å². The van der Waals surface area contributed by atoms with Crippen molar-refractivity contribution < 1.29 is 0 Å². The van der Waals surface area contributed by atoms with Crippen LogP contribution in [0, 0.1) is 11.3 Å². The average Bonchev–Trinajstić information content (AvgIpc) is 2.04. The first-order chi connectivity index (χ1) is 5.94. The fourth-order valence-electron chi connectivity index (χ4n) is 1.40.